The standard InChI is InChI=1S/C12H12N2OS/c1-2-15-10-5-3-4-9(6-10)11-7-12(16)14-8-13-11/h3-8H,2H2,1H3,(H,13,14,16). The Morgan fingerprint density at radius 1 is 1.38 bits per heavy atom. The van der Waals surface area contributed by atoms with Crippen LogP contribution in [0, 0.1) is 4.64 Å². The van der Waals surface area contributed by atoms with Gasteiger partial charge in [0, 0.05) is 11.3 Å². The highest BCUT2D eigenvalue weighted by Gasteiger charge is 1.99. The Bertz CT molecular complexity index is 536. The average Bonchev–Trinajstić information content (AvgIpc) is 2.30. The maximum absolute atomic E-state index is 5.44. The lowest BCUT2D eigenvalue weighted by atomic mass is 10.1. The van der Waals surface area contributed by atoms with Crippen molar-refractivity contribution in [1.29, 1.82) is 0 Å². The molecule has 0 aliphatic carbocycles. The van der Waals surface area contributed by atoms with Gasteiger partial charge in [0.25, 0.3) is 0 Å². The number of nitrogens with zero attached hydrogens (tertiary/aromatic N) is 1. The third-order valence-electron chi connectivity index (χ3n) is 2.14. The van der Waals surface area contributed by atoms with E-state index in [-0.39, 0.29) is 0 Å². The molecule has 0 atom stereocenters. The maximum Gasteiger partial charge on any atom is 0.130 e. The summed E-state index contributed by atoms with van der Waals surface area (Å²) in [7, 11) is 0. The van der Waals surface area contributed by atoms with E-state index in [4.69, 9.17) is 17.0 Å². The Morgan fingerprint density at radius 2 is 2.25 bits per heavy atom. The fourth-order valence-electron chi connectivity index (χ4n) is 1.45. The van der Waals surface area contributed by atoms with Crippen LogP contribution in [0.4, 0.5) is 0 Å². The molecular weight excluding hydrogens is 220 g/mol. The molecule has 1 aromatic heterocycles. The van der Waals surface area contributed by atoms with Crippen LogP contribution in [-0.2, 0) is 0 Å². The normalized spacial score (nSPS) is 10.1. The van der Waals surface area contributed by atoms with Gasteiger partial charge in [-0.05, 0) is 25.1 Å². The zero-order valence-electron chi connectivity index (χ0n) is 8.93. The van der Waals surface area contributed by atoms with Gasteiger partial charge in [0.2, 0.25) is 0 Å². The highest BCUT2D eigenvalue weighted by atomic mass is 32.1. The summed E-state index contributed by atoms with van der Waals surface area (Å²) in [6.45, 7) is 2.63. The van der Waals surface area contributed by atoms with Gasteiger partial charge in [0.1, 0.15) is 10.4 Å². The van der Waals surface area contributed by atoms with Crippen LogP contribution >= 0.6 is 12.2 Å². The summed E-state index contributed by atoms with van der Waals surface area (Å²) in [6, 6.07) is 9.70. The van der Waals surface area contributed by atoms with Gasteiger partial charge in [-0.15, -0.1) is 0 Å². The predicted molar refractivity (Wildman–Crippen MR) is 66.0 cm³/mol. The van der Waals surface area contributed by atoms with Gasteiger partial charge in [-0.25, -0.2) is 4.98 Å². The number of hydrogen-bond acceptors (Lipinski definition) is 3. The van der Waals surface area contributed by atoms with Crippen LogP contribution in [0.2, 0.25) is 0 Å². The highest BCUT2D eigenvalue weighted by molar-refractivity contribution is 7.71. The molecule has 0 saturated carbocycles. The molecule has 0 aliphatic heterocycles. The van der Waals surface area contributed by atoms with Crippen LogP contribution in [0.15, 0.2) is 36.7 Å². The Labute approximate surface area is 99.1 Å². The Balaban J connectivity index is 2.40. The molecule has 0 amide bonds. The van der Waals surface area contributed by atoms with E-state index in [1.807, 2.05) is 37.3 Å². The van der Waals surface area contributed by atoms with Crippen molar-refractivity contribution in [3.8, 4) is 17.0 Å². The summed E-state index contributed by atoms with van der Waals surface area (Å²) < 4.78 is 6.02. The second-order valence-electron chi connectivity index (χ2n) is 3.26. The van der Waals surface area contributed by atoms with Crippen molar-refractivity contribution in [3.05, 3.63) is 41.3 Å². The number of aromatic amines is 1. The van der Waals surface area contributed by atoms with Gasteiger partial charge in [-0.3, -0.25) is 0 Å². The molecule has 4 heteroatoms. The van der Waals surface area contributed by atoms with Crippen LogP contribution in [0.3, 0.4) is 0 Å². The summed E-state index contributed by atoms with van der Waals surface area (Å²) in [5.41, 5.74) is 1.99. The predicted octanol–water partition coefficient (Wildman–Crippen LogP) is 3.20. The highest BCUT2D eigenvalue weighted by Crippen LogP contribution is 2.21. The molecule has 0 radical (unpaired) electrons. The molecule has 0 fully saturated rings. The Morgan fingerprint density at radius 3 is 3.00 bits per heavy atom. The van der Waals surface area contributed by atoms with E-state index in [2.05, 4.69) is 9.97 Å². The molecule has 0 saturated heterocycles. The minimum atomic E-state index is 0.579. The third kappa shape index (κ3) is 2.46. The van der Waals surface area contributed by atoms with Crippen LogP contribution in [-0.4, -0.2) is 16.6 Å². The van der Waals surface area contributed by atoms with Gasteiger partial charge in [0.15, 0.2) is 0 Å². The SMILES string of the molecule is CCOc1cccc(-c2cc(=S)nc[nH]2)c1. The van der Waals surface area contributed by atoms with Crippen molar-refractivity contribution in [3.63, 3.8) is 0 Å². The van der Waals surface area contributed by atoms with Gasteiger partial charge in [0.05, 0.1) is 12.9 Å². The number of benzene rings is 1. The largest absolute Gasteiger partial charge is 0.494 e. The zero-order valence-corrected chi connectivity index (χ0v) is 9.75. The maximum atomic E-state index is 5.44. The molecule has 1 N–H and O–H groups in total. The number of ether oxygens (including phenoxy) is 1. The van der Waals surface area contributed by atoms with Crippen molar-refractivity contribution >= 4 is 12.2 Å². The van der Waals surface area contributed by atoms with E-state index in [9.17, 15) is 0 Å². The lowest BCUT2D eigenvalue weighted by molar-refractivity contribution is 0.340. The number of rotatable bonds is 3. The van der Waals surface area contributed by atoms with Crippen molar-refractivity contribution in [2.45, 2.75) is 6.92 Å². The molecule has 1 heterocycles. The Kier molecular flexibility index (Phi) is 3.31. The van der Waals surface area contributed by atoms with Crippen molar-refractivity contribution in [2.24, 2.45) is 0 Å². The van der Waals surface area contributed by atoms with Crippen LogP contribution in [0.25, 0.3) is 11.3 Å². The van der Waals surface area contributed by atoms with Gasteiger partial charge >= 0.3 is 0 Å². The summed E-state index contributed by atoms with van der Waals surface area (Å²) in [6.07, 6.45) is 1.60. The molecule has 3 nitrogen and oxygen atoms in total. The lowest BCUT2D eigenvalue weighted by Crippen LogP contribution is -1.92. The van der Waals surface area contributed by atoms with E-state index < -0.39 is 0 Å². The first kappa shape index (κ1) is 10.8. The number of H-pyrrole nitrogens is 1. The molecular formula is C12H12N2OS. The first-order valence-corrected chi connectivity index (χ1v) is 5.48. The second-order valence-corrected chi connectivity index (χ2v) is 3.68. The van der Waals surface area contributed by atoms with E-state index in [0.717, 1.165) is 17.0 Å². The average molecular weight is 232 g/mol. The summed E-state index contributed by atoms with van der Waals surface area (Å²) in [5, 5.41) is 0. The molecule has 0 unspecified atom stereocenters. The molecule has 0 bridgehead atoms. The van der Waals surface area contributed by atoms with Gasteiger partial charge in [-0.1, -0.05) is 24.4 Å². The molecule has 0 aliphatic rings. The molecule has 16 heavy (non-hydrogen) atoms. The van der Waals surface area contributed by atoms with E-state index in [1.165, 1.54) is 0 Å². The van der Waals surface area contributed by atoms with E-state index in [0.29, 0.717) is 11.2 Å². The van der Waals surface area contributed by atoms with Crippen LogP contribution in [0.5, 0.6) is 5.75 Å². The molecule has 0 spiro atoms. The zero-order chi connectivity index (χ0) is 11.4. The summed E-state index contributed by atoms with van der Waals surface area (Å²) in [5.74, 6) is 0.858. The smallest absolute Gasteiger partial charge is 0.130 e. The van der Waals surface area contributed by atoms with E-state index >= 15 is 0 Å². The van der Waals surface area contributed by atoms with Crippen molar-refractivity contribution in [2.75, 3.05) is 6.61 Å². The first-order valence-electron chi connectivity index (χ1n) is 5.07. The van der Waals surface area contributed by atoms with E-state index in [1.54, 1.807) is 6.33 Å². The first-order chi connectivity index (χ1) is 7.79. The minimum absolute atomic E-state index is 0.579. The molecule has 1 aromatic carbocycles. The molecule has 2 rings (SSSR count). The number of aromatic nitrogens is 2. The monoisotopic (exact) mass is 232 g/mol. The molecule has 82 valence electrons. The van der Waals surface area contributed by atoms with Crippen LogP contribution < -0.4 is 4.74 Å². The fraction of sp³-hybridized carbons (Fsp3) is 0.167. The quantitative estimate of drug-likeness (QED) is 0.826. The lowest BCUT2D eigenvalue weighted by Gasteiger charge is -2.05. The minimum Gasteiger partial charge on any atom is -0.494 e. The third-order valence-corrected chi connectivity index (χ3v) is 2.36. The van der Waals surface area contributed by atoms with Gasteiger partial charge < -0.3 is 9.72 Å². The topological polar surface area (TPSA) is 37.9 Å². The van der Waals surface area contributed by atoms with Crippen molar-refractivity contribution in [1.82, 2.24) is 9.97 Å². The van der Waals surface area contributed by atoms with Crippen LogP contribution in [0.1, 0.15) is 6.92 Å². The second kappa shape index (κ2) is 4.90. The Hall–Kier alpha value is -1.68. The van der Waals surface area contributed by atoms with Crippen molar-refractivity contribution < 1.29 is 4.74 Å². The number of nitrogens with one attached hydrogen (secondary N) is 1. The number of hydrogen-bond donors (Lipinski definition) is 1. The summed E-state index contributed by atoms with van der Waals surface area (Å²) >= 11 is 5.02. The molecule has 2 aromatic rings. The summed E-state index contributed by atoms with van der Waals surface area (Å²) in [4.78, 5) is 7.01. The van der Waals surface area contributed by atoms with Gasteiger partial charge in [-0.2, -0.15) is 0 Å². The fourth-order valence-corrected chi connectivity index (χ4v) is 1.63.